The van der Waals surface area contributed by atoms with Gasteiger partial charge in [-0.1, -0.05) is 0 Å². The molecule has 1 N–H and O–H groups in total. The summed E-state index contributed by atoms with van der Waals surface area (Å²) in [5, 5.41) is 3.00. The number of alkyl halides is 3. The van der Waals surface area contributed by atoms with Crippen LogP contribution in [0.15, 0.2) is 42.9 Å². The van der Waals surface area contributed by atoms with Gasteiger partial charge in [-0.15, -0.1) is 13.2 Å². The molecule has 0 radical (unpaired) electrons. The third kappa shape index (κ3) is 3.47. The molecule has 0 aliphatic carbocycles. The minimum Gasteiger partial charge on any atom is -0.377 e. The van der Waals surface area contributed by atoms with Gasteiger partial charge in [0.2, 0.25) is 5.95 Å². The molecule has 0 unspecified atom stereocenters. The Morgan fingerprint density at radius 3 is 2.44 bits per heavy atom. The van der Waals surface area contributed by atoms with Gasteiger partial charge in [-0.3, -0.25) is 0 Å². The Labute approximate surface area is 150 Å². The molecule has 10 heteroatoms. The first kappa shape index (κ1) is 17.4. The van der Waals surface area contributed by atoms with Crippen LogP contribution in [0.2, 0.25) is 0 Å². The number of aromatic nitrogens is 4. The highest BCUT2D eigenvalue weighted by molar-refractivity contribution is 5.77. The Balaban J connectivity index is 1.81. The third-order valence-corrected chi connectivity index (χ3v) is 4.03. The number of imidazole rings is 1. The van der Waals surface area contributed by atoms with Crippen LogP contribution in [-0.4, -0.2) is 38.8 Å². The lowest BCUT2D eigenvalue weighted by atomic mass is 10.1. The van der Waals surface area contributed by atoms with E-state index < -0.39 is 12.1 Å². The lowest BCUT2D eigenvalue weighted by Crippen LogP contribution is -2.40. The molecule has 1 aliphatic heterocycles. The maximum atomic E-state index is 13.5. The van der Waals surface area contributed by atoms with Gasteiger partial charge >= 0.3 is 6.30 Å². The maximum Gasteiger partial charge on any atom is 0.490 e. The molecule has 3 heterocycles. The van der Waals surface area contributed by atoms with Gasteiger partial charge in [-0.05, 0) is 30.3 Å². The minimum atomic E-state index is -4.69. The van der Waals surface area contributed by atoms with Gasteiger partial charge in [0.15, 0.2) is 0 Å². The highest BCUT2D eigenvalue weighted by Gasteiger charge is 2.35. The first-order valence-electron chi connectivity index (χ1n) is 8.00. The molecule has 1 fully saturated rings. The molecule has 0 spiro atoms. The number of halogens is 4. The van der Waals surface area contributed by atoms with E-state index in [0.717, 1.165) is 12.1 Å². The van der Waals surface area contributed by atoms with E-state index in [4.69, 9.17) is 4.74 Å². The van der Waals surface area contributed by atoms with Crippen molar-refractivity contribution in [3.05, 3.63) is 48.7 Å². The number of nitrogens with one attached hydrogen (secondary N) is 1. The normalized spacial score (nSPS) is 14.8. The van der Waals surface area contributed by atoms with Crippen LogP contribution < -0.4 is 5.32 Å². The average molecular weight is 379 g/mol. The highest BCUT2D eigenvalue weighted by Crippen LogP contribution is 2.36. The Hall–Kier alpha value is -3.01. The minimum absolute atomic E-state index is 0.0179. The van der Waals surface area contributed by atoms with Crippen molar-refractivity contribution in [1.29, 1.82) is 0 Å². The Morgan fingerprint density at radius 1 is 1.07 bits per heavy atom. The largest absolute Gasteiger partial charge is 0.490 e. The standard InChI is InChI=1S/C17H13F4N5O/c18-11-3-1-10(2-4-11)14-15(26(9-23-14)17(19,20)21)13-5-6-22-16(25-13)24-12-7-27-8-12/h1-6,9,12H,7-8H2,(H,22,24,25). The molecular formula is C17H13F4N5O. The van der Waals surface area contributed by atoms with E-state index in [1.807, 2.05) is 0 Å². The van der Waals surface area contributed by atoms with Crippen molar-refractivity contribution in [3.63, 3.8) is 0 Å². The summed E-state index contributed by atoms with van der Waals surface area (Å²) in [6, 6.07) is 6.45. The van der Waals surface area contributed by atoms with E-state index in [9.17, 15) is 17.6 Å². The molecule has 0 atom stereocenters. The van der Waals surface area contributed by atoms with Crippen LogP contribution in [0.25, 0.3) is 22.6 Å². The number of rotatable bonds is 4. The summed E-state index contributed by atoms with van der Waals surface area (Å²) < 4.78 is 58.8. The summed E-state index contributed by atoms with van der Waals surface area (Å²) in [5.41, 5.74) is 0.185. The zero-order chi connectivity index (χ0) is 19.0. The second-order valence-corrected chi connectivity index (χ2v) is 5.93. The molecule has 6 nitrogen and oxygen atoms in total. The molecule has 140 valence electrons. The first-order valence-corrected chi connectivity index (χ1v) is 8.00. The SMILES string of the molecule is Fc1ccc(-c2ncn(C(F)(F)F)c2-c2ccnc(NC3COC3)n2)cc1. The van der Waals surface area contributed by atoms with Crippen molar-refractivity contribution in [1.82, 2.24) is 19.5 Å². The number of ether oxygens (including phenoxy) is 1. The van der Waals surface area contributed by atoms with Gasteiger partial charge in [-0.2, -0.15) is 0 Å². The van der Waals surface area contributed by atoms with Crippen LogP contribution in [0.5, 0.6) is 0 Å². The number of nitrogens with zero attached hydrogens (tertiary/aromatic N) is 4. The summed E-state index contributed by atoms with van der Waals surface area (Å²) in [4.78, 5) is 12.1. The molecule has 0 amide bonds. The number of anilines is 1. The molecule has 0 saturated carbocycles. The van der Waals surface area contributed by atoms with Crippen molar-refractivity contribution in [2.45, 2.75) is 12.3 Å². The number of hydrogen-bond donors (Lipinski definition) is 1. The smallest absolute Gasteiger partial charge is 0.377 e. The monoisotopic (exact) mass is 379 g/mol. The predicted molar refractivity (Wildman–Crippen MR) is 88.2 cm³/mol. The third-order valence-electron chi connectivity index (χ3n) is 4.03. The van der Waals surface area contributed by atoms with Gasteiger partial charge in [0, 0.05) is 11.8 Å². The molecule has 1 saturated heterocycles. The maximum absolute atomic E-state index is 13.5. The zero-order valence-electron chi connectivity index (χ0n) is 13.7. The van der Waals surface area contributed by atoms with Crippen LogP contribution in [-0.2, 0) is 11.0 Å². The van der Waals surface area contributed by atoms with Crippen LogP contribution in [0, 0.1) is 5.82 Å². The van der Waals surface area contributed by atoms with Gasteiger partial charge in [0.05, 0.1) is 30.6 Å². The van der Waals surface area contributed by atoms with E-state index in [0.29, 0.717) is 25.1 Å². The Morgan fingerprint density at radius 2 is 1.81 bits per heavy atom. The topological polar surface area (TPSA) is 64.9 Å². The van der Waals surface area contributed by atoms with Crippen molar-refractivity contribution in [2.24, 2.45) is 0 Å². The van der Waals surface area contributed by atoms with Gasteiger partial charge in [0.25, 0.3) is 0 Å². The zero-order valence-corrected chi connectivity index (χ0v) is 13.7. The molecule has 2 aromatic heterocycles. The molecule has 1 aromatic carbocycles. The Kier molecular flexibility index (Phi) is 4.27. The molecule has 1 aliphatic rings. The number of hydrogen-bond acceptors (Lipinski definition) is 5. The van der Waals surface area contributed by atoms with E-state index in [2.05, 4.69) is 20.3 Å². The Bertz CT molecular complexity index is 951. The number of benzene rings is 1. The van der Waals surface area contributed by atoms with Gasteiger partial charge < -0.3 is 10.1 Å². The van der Waals surface area contributed by atoms with Crippen molar-refractivity contribution >= 4 is 5.95 Å². The summed E-state index contributed by atoms with van der Waals surface area (Å²) in [6.45, 7) is 0.962. The average Bonchev–Trinajstić information content (AvgIpc) is 3.04. The lowest BCUT2D eigenvalue weighted by molar-refractivity contribution is -0.202. The molecule has 0 bridgehead atoms. The second-order valence-electron chi connectivity index (χ2n) is 5.93. The van der Waals surface area contributed by atoms with Crippen LogP contribution in [0.4, 0.5) is 23.5 Å². The molecule has 4 rings (SSSR count). The summed E-state index contributed by atoms with van der Waals surface area (Å²) in [6.07, 6.45) is -2.64. The van der Waals surface area contributed by atoms with Crippen molar-refractivity contribution in [2.75, 3.05) is 18.5 Å². The molecular weight excluding hydrogens is 366 g/mol. The fraction of sp³-hybridized carbons (Fsp3) is 0.235. The quantitative estimate of drug-likeness (QED) is 0.704. The first-order chi connectivity index (χ1) is 12.9. The highest BCUT2D eigenvalue weighted by atomic mass is 19.4. The van der Waals surface area contributed by atoms with Crippen LogP contribution in [0.1, 0.15) is 0 Å². The van der Waals surface area contributed by atoms with Crippen molar-refractivity contribution < 1.29 is 22.3 Å². The van der Waals surface area contributed by atoms with E-state index in [1.165, 1.54) is 24.4 Å². The van der Waals surface area contributed by atoms with E-state index >= 15 is 0 Å². The van der Waals surface area contributed by atoms with E-state index in [1.54, 1.807) is 0 Å². The fourth-order valence-corrected chi connectivity index (χ4v) is 2.67. The summed E-state index contributed by atoms with van der Waals surface area (Å²) in [7, 11) is 0. The van der Waals surface area contributed by atoms with Gasteiger partial charge in [-0.25, -0.2) is 23.9 Å². The summed E-state index contributed by atoms with van der Waals surface area (Å²) in [5.74, 6) is -0.299. The molecule has 27 heavy (non-hydrogen) atoms. The predicted octanol–water partition coefficient (Wildman–Crippen LogP) is 3.43. The molecule has 3 aromatic rings. The fourth-order valence-electron chi connectivity index (χ4n) is 2.67. The van der Waals surface area contributed by atoms with Crippen molar-refractivity contribution in [3.8, 4) is 22.6 Å². The van der Waals surface area contributed by atoms with Crippen LogP contribution in [0.3, 0.4) is 0 Å². The lowest BCUT2D eigenvalue weighted by Gasteiger charge is -2.26. The second kappa shape index (κ2) is 6.62. The van der Waals surface area contributed by atoms with Crippen LogP contribution >= 0.6 is 0 Å². The van der Waals surface area contributed by atoms with E-state index in [-0.39, 0.29) is 33.6 Å². The summed E-state index contributed by atoms with van der Waals surface area (Å²) >= 11 is 0. The van der Waals surface area contributed by atoms with Gasteiger partial charge in [0.1, 0.15) is 17.8 Å².